The Balaban J connectivity index is 1.32. The summed E-state index contributed by atoms with van der Waals surface area (Å²) < 4.78 is 12.3. The van der Waals surface area contributed by atoms with Crippen molar-refractivity contribution in [2.24, 2.45) is 0 Å². The zero-order valence-electron chi connectivity index (χ0n) is 18.0. The molecule has 1 aliphatic heterocycles. The van der Waals surface area contributed by atoms with Gasteiger partial charge in [0.05, 0.1) is 19.3 Å². The van der Waals surface area contributed by atoms with Crippen molar-refractivity contribution in [3.8, 4) is 5.75 Å². The number of nitrogens with zero attached hydrogens (tertiary/aromatic N) is 2. The van der Waals surface area contributed by atoms with E-state index >= 15 is 0 Å². The molecule has 30 heavy (non-hydrogen) atoms. The van der Waals surface area contributed by atoms with Crippen LogP contribution in [0.2, 0.25) is 0 Å². The number of aliphatic hydroxyl groups excluding tert-OH is 1. The largest absolute Gasteiger partial charge is 0.491 e. The van der Waals surface area contributed by atoms with Crippen LogP contribution in [0.15, 0.2) is 53.0 Å². The molecular weight excluding hydrogens is 444 g/mol. The van der Waals surface area contributed by atoms with Crippen LogP contribution in [-0.2, 0) is 4.74 Å². The van der Waals surface area contributed by atoms with E-state index in [9.17, 15) is 5.11 Å². The minimum absolute atomic E-state index is 0.333. The average molecular weight is 477 g/mol. The third-order valence-electron chi connectivity index (χ3n) is 5.36. The monoisotopic (exact) mass is 476 g/mol. The van der Waals surface area contributed by atoms with E-state index in [0.717, 1.165) is 36.4 Å². The van der Waals surface area contributed by atoms with E-state index in [-0.39, 0.29) is 0 Å². The van der Waals surface area contributed by atoms with Crippen molar-refractivity contribution in [3.05, 3.63) is 58.6 Å². The molecule has 0 spiro atoms. The van der Waals surface area contributed by atoms with Crippen LogP contribution in [0.25, 0.3) is 0 Å². The molecule has 1 fully saturated rings. The van der Waals surface area contributed by atoms with Crippen molar-refractivity contribution in [2.45, 2.75) is 25.9 Å². The summed E-state index contributed by atoms with van der Waals surface area (Å²) in [5.74, 6) is 1.34. The van der Waals surface area contributed by atoms with Gasteiger partial charge in [0, 0.05) is 42.9 Å². The lowest BCUT2D eigenvalue weighted by Crippen LogP contribution is -2.49. The van der Waals surface area contributed by atoms with Crippen molar-refractivity contribution in [1.29, 1.82) is 0 Å². The summed E-state index contributed by atoms with van der Waals surface area (Å²) in [6.07, 6.45) is -0.479. The molecule has 0 aliphatic carbocycles. The molecule has 1 unspecified atom stereocenters. The van der Waals surface area contributed by atoms with Gasteiger partial charge < -0.3 is 19.5 Å². The van der Waals surface area contributed by atoms with Gasteiger partial charge in [0.25, 0.3) is 0 Å². The second kappa shape index (κ2) is 11.7. The highest BCUT2D eigenvalue weighted by Gasteiger charge is 2.21. The zero-order valence-corrected chi connectivity index (χ0v) is 19.6. The minimum atomic E-state index is -0.479. The zero-order chi connectivity index (χ0) is 21.3. The maximum atomic E-state index is 10.3. The van der Waals surface area contributed by atoms with Crippen LogP contribution >= 0.6 is 15.9 Å². The lowest BCUT2D eigenvalue weighted by molar-refractivity contribution is 0.00718. The predicted octanol–water partition coefficient (Wildman–Crippen LogP) is 4.15. The molecule has 0 radical (unpaired) electrons. The molecule has 5 nitrogen and oxygen atoms in total. The number of para-hydroxylation sites is 1. The number of rotatable bonds is 10. The summed E-state index contributed by atoms with van der Waals surface area (Å²) in [6.45, 7) is 10.3. The number of ether oxygens (including phenoxy) is 2. The SMILES string of the molecule is CC(C)c1ccccc1N1CCN(CC(O)COCCOc2ccc(Br)cc2)CC1. The Labute approximate surface area is 188 Å². The molecule has 3 rings (SSSR count). The molecule has 1 heterocycles. The van der Waals surface area contributed by atoms with Gasteiger partial charge in [-0.05, 0) is 41.8 Å². The third-order valence-corrected chi connectivity index (χ3v) is 5.89. The number of benzene rings is 2. The Morgan fingerprint density at radius 3 is 2.37 bits per heavy atom. The second-order valence-corrected chi connectivity index (χ2v) is 8.95. The first-order valence-electron chi connectivity index (χ1n) is 10.7. The van der Waals surface area contributed by atoms with Gasteiger partial charge in [-0.15, -0.1) is 0 Å². The number of piperazine rings is 1. The standard InChI is InChI=1S/C24H33BrN2O3/c1-19(2)23-5-3-4-6-24(23)27-13-11-26(12-14-27)17-21(28)18-29-15-16-30-22-9-7-20(25)8-10-22/h3-10,19,21,28H,11-18H2,1-2H3. The molecule has 2 aromatic carbocycles. The molecule has 1 atom stereocenters. The van der Waals surface area contributed by atoms with E-state index in [1.54, 1.807) is 0 Å². The fourth-order valence-electron chi connectivity index (χ4n) is 3.75. The maximum Gasteiger partial charge on any atom is 0.119 e. The second-order valence-electron chi connectivity index (χ2n) is 8.03. The van der Waals surface area contributed by atoms with Crippen LogP contribution in [0.3, 0.4) is 0 Å². The number of anilines is 1. The number of hydrogen-bond acceptors (Lipinski definition) is 5. The van der Waals surface area contributed by atoms with Gasteiger partial charge in [-0.3, -0.25) is 4.90 Å². The molecule has 0 aromatic heterocycles. The molecule has 1 aliphatic rings. The number of halogens is 1. The first-order valence-corrected chi connectivity index (χ1v) is 11.5. The number of β-amino-alcohol motifs (C(OH)–C–C–N with tert-alkyl or cyclic N) is 1. The fraction of sp³-hybridized carbons (Fsp3) is 0.500. The quantitative estimate of drug-likeness (QED) is 0.521. The maximum absolute atomic E-state index is 10.3. The predicted molar refractivity (Wildman–Crippen MR) is 126 cm³/mol. The minimum Gasteiger partial charge on any atom is -0.491 e. The molecule has 6 heteroatoms. The third kappa shape index (κ3) is 6.98. The summed E-state index contributed by atoms with van der Waals surface area (Å²) in [6, 6.07) is 16.4. The lowest BCUT2D eigenvalue weighted by Gasteiger charge is -2.38. The lowest BCUT2D eigenvalue weighted by atomic mass is 10.00. The number of aliphatic hydroxyl groups is 1. The summed E-state index contributed by atoms with van der Waals surface area (Å²) >= 11 is 3.40. The molecular formula is C24H33BrN2O3. The van der Waals surface area contributed by atoms with E-state index < -0.39 is 6.10 Å². The molecule has 0 bridgehead atoms. The molecule has 0 amide bonds. The molecule has 0 saturated carbocycles. The Bertz CT molecular complexity index is 761. The van der Waals surface area contributed by atoms with Crippen molar-refractivity contribution < 1.29 is 14.6 Å². The Morgan fingerprint density at radius 2 is 1.67 bits per heavy atom. The summed E-state index contributed by atoms with van der Waals surface area (Å²) in [5.41, 5.74) is 2.76. The van der Waals surface area contributed by atoms with Crippen LogP contribution in [0, 0.1) is 0 Å². The van der Waals surface area contributed by atoms with Crippen molar-refractivity contribution >= 4 is 21.6 Å². The van der Waals surface area contributed by atoms with Crippen LogP contribution in [0.1, 0.15) is 25.3 Å². The van der Waals surface area contributed by atoms with Crippen LogP contribution < -0.4 is 9.64 Å². The Kier molecular flexibility index (Phi) is 9.00. The van der Waals surface area contributed by atoms with Gasteiger partial charge in [0.2, 0.25) is 0 Å². The van der Waals surface area contributed by atoms with Crippen LogP contribution in [0.4, 0.5) is 5.69 Å². The summed E-state index contributed by atoms with van der Waals surface area (Å²) in [5, 5.41) is 10.3. The van der Waals surface area contributed by atoms with Gasteiger partial charge >= 0.3 is 0 Å². The van der Waals surface area contributed by atoms with Gasteiger partial charge in [-0.2, -0.15) is 0 Å². The van der Waals surface area contributed by atoms with E-state index in [1.165, 1.54) is 11.3 Å². The van der Waals surface area contributed by atoms with Crippen molar-refractivity contribution in [2.75, 3.05) is 57.4 Å². The summed E-state index contributed by atoms with van der Waals surface area (Å²) in [4.78, 5) is 4.79. The number of hydrogen-bond donors (Lipinski definition) is 1. The normalized spacial score (nSPS) is 16.1. The highest BCUT2D eigenvalue weighted by Crippen LogP contribution is 2.28. The van der Waals surface area contributed by atoms with Gasteiger partial charge in [-0.1, -0.05) is 48.0 Å². The summed E-state index contributed by atoms with van der Waals surface area (Å²) in [7, 11) is 0. The van der Waals surface area contributed by atoms with Gasteiger partial charge in [0.1, 0.15) is 12.4 Å². The van der Waals surface area contributed by atoms with Crippen LogP contribution in [-0.4, -0.2) is 68.7 Å². The van der Waals surface area contributed by atoms with E-state index in [1.807, 2.05) is 24.3 Å². The first-order chi connectivity index (χ1) is 14.5. The van der Waals surface area contributed by atoms with Gasteiger partial charge in [0.15, 0.2) is 0 Å². The molecule has 1 N–H and O–H groups in total. The molecule has 1 saturated heterocycles. The van der Waals surface area contributed by atoms with E-state index in [2.05, 4.69) is 63.8 Å². The highest BCUT2D eigenvalue weighted by atomic mass is 79.9. The smallest absolute Gasteiger partial charge is 0.119 e. The fourth-order valence-corrected chi connectivity index (χ4v) is 4.02. The molecule has 2 aromatic rings. The van der Waals surface area contributed by atoms with Crippen molar-refractivity contribution in [3.63, 3.8) is 0 Å². The Morgan fingerprint density at radius 1 is 0.967 bits per heavy atom. The van der Waals surface area contributed by atoms with E-state index in [4.69, 9.17) is 9.47 Å². The topological polar surface area (TPSA) is 45.2 Å². The molecule has 164 valence electrons. The Hall–Kier alpha value is -1.60. The van der Waals surface area contributed by atoms with E-state index in [0.29, 0.717) is 32.3 Å². The van der Waals surface area contributed by atoms with Crippen molar-refractivity contribution in [1.82, 2.24) is 4.90 Å². The first kappa shape index (κ1) is 23.1. The average Bonchev–Trinajstić information content (AvgIpc) is 2.75. The van der Waals surface area contributed by atoms with Gasteiger partial charge in [-0.25, -0.2) is 0 Å². The highest BCUT2D eigenvalue weighted by molar-refractivity contribution is 9.10. The van der Waals surface area contributed by atoms with Crippen LogP contribution in [0.5, 0.6) is 5.75 Å².